The zero-order chi connectivity index (χ0) is 10.5. The first-order valence-corrected chi connectivity index (χ1v) is 5.31. The van der Waals surface area contributed by atoms with Crippen LogP contribution in [0.3, 0.4) is 0 Å². The van der Waals surface area contributed by atoms with Gasteiger partial charge in [0.05, 0.1) is 0 Å². The summed E-state index contributed by atoms with van der Waals surface area (Å²) in [5.74, 6) is 0.892. The van der Waals surface area contributed by atoms with Crippen LogP contribution < -0.4 is 0 Å². The van der Waals surface area contributed by atoms with E-state index in [9.17, 15) is 4.79 Å². The van der Waals surface area contributed by atoms with E-state index in [0.29, 0.717) is 17.1 Å². The van der Waals surface area contributed by atoms with E-state index in [-0.39, 0.29) is 0 Å². The molecule has 13 heavy (non-hydrogen) atoms. The SMILES string of the molecule is CC(=O)CC(C)CCCC(C)(C)C. The predicted octanol–water partition coefficient (Wildman–Crippen LogP) is 3.82. The van der Waals surface area contributed by atoms with E-state index in [1.165, 1.54) is 19.3 Å². The normalized spacial score (nSPS) is 14.2. The molecule has 0 aliphatic rings. The third-order valence-electron chi connectivity index (χ3n) is 2.26. The number of carbonyl (C=O) groups excluding carboxylic acids is 1. The molecular weight excluding hydrogens is 160 g/mol. The van der Waals surface area contributed by atoms with Gasteiger partial charge in [-0.25, -0.2) is 0 Å². The second-order valence-corrected chi connectivity index (χ2v) is 5.46. The van der Waals surface area contributed by atoms with Gasteiger partial charge in [0, 0.05) is 6.42 Å². The van der Waals surface area contributed by atoms with Gasteiger partial charge in [-0.3, -0.25) is 0 Å². The van der Waals surface area contributed by atoms with E-state index >= 15 is 0 Å². The van der Waals surface area contributed by atoms with Gasteiger partial charge in [0.25, 0.3) is 0 Å². The first kappa shape index (κ1) is 12.7. The zero-order valence-corrected chi connectivity index (χ0v) is 9.81. The minimum atomic E-state index is 0.322. The van der Waals surface area contributed by atoms with Crippen LogP contribution in [0.25, 0.3) is 0 Å². The highest BCUT2D eigenvalue weighted by Crippen LogP contribution is 2.23. The fourth-order valence-corrected chi connectivity index (χ4v) is 1.57. The Morgan fingerprint density at radius 1 is 1.31 bits per heavy atom. The minimum Gasteiger partial charge on any atom is -0.300 e. The van der Waals surface area contributed by atoms with Crippen LogP contribution in [0.2, 0.25) is 0 Å². The lowest BCUT2D eigenvalue weighted by Crippen LogP contribution is -2.07. The van der Waals surface area contributed by atoms with Crippen molar-refractivity contribution in [3.05, 3.63) is 0 Å². The van der Waals surface area contributed by atoms with Crippen molar-refractivity contribution < 1.29 is 4.79 Å². The van der Waals surface area contributed by atoms with E-state index in [1.807, 2.05) is 0 Å². The molecule has 0 N–H and O–H groups in total. The molecule has 0 aromatic carbocycles. The Labute approximate surface area is 82.9 Å². The molecule has 1 nitrogen and oxygen atoms in total. The summed E-state index contributed by atoms with van der Waals surface area (Å²) in [5, 5.41) is 0. The van der Waals surface area contributed by atoms with Crippen LogP contribution in [-0.4, -0.2) is 5.78 Å². The highest BCUT2D eigenvalue weighted by atomic mass is 16.1. The van der Waals surface area contributed by atoms with E-state index in [1.54, 1.807) is 6.92 Å². The molecule has 0 saturated heterocycles. The second kappa shape index (κ2) is 5.41. The summed E-state index contributed by atoms with van der Waals surface area (Å²) in [6.45, 7) is 10.7. The molecule has 0 saturated carbocycles. The predicted molar refractivity (Wildman–Crippen MR) is 57.8 cm³/mol. The maximum atomic E-state index is 10.8. The summed E-state index contributed by atoms with van der Waals surface area (Å²) in [7, 11) is 0. The van der Waals surface area contributed by atoms with Gasteiger partial charge >= 0.3 is 0 Å². The molecule has 1 unspecified atom stereocenters. The molecule has 0 aromatic heterocycles. The van der Waals surface area contributed by atoms with Gasteiger partial charge in [0.1, 0.15) is 5.78 Å². The zero-order valence-electron chi connectivity index (χ0n) is 9.81. The van der Waals surface area contributed by atoms with Crippen LogP contribution >= 0.6 is 0 Å². The van der Waals surface area contributed by atoms with Crippen LogP contribution in [0.15, 0.2) is 0 Å². The van der Waals surface area contributed by atoms with Gasteiger partial charge in [-0.2, -0.15) is 0 Å². The van der Waals surface area contributed by atoms with Crippen molar-refractivity contribution in [1.29, 1.82) is 0 Å². The molecule has 0 rings (SSSR count). The number of hydrogen-bond donors (Lipinski definition) is 0. The lowest BCUT2D eigenvalue weighted by Gasteiger charge is -2.18. The number of rotatable bonds is 5. The highest BCUT2D eigenvalue weighted by Gasteiger charge is 2.11. The Balaban J connectivity index is 3.48. The first-order chi connectivity index (χ1) is 5.81. The van der Waals surface area contributed by atoms with Crippen LogP contribution in [0, 0.1) is 11.3 Å². The summed E-state index contributed by atoms with van der Waals surface area (Å²) in [6, 6.07) is 0. The van der Waals surface area contributed by atoms with Crippen LogP contribution in [0.1, 0.15) is 60.3 Å². The Hall–Kier alpha value is -0.330. The van der Waals surface area contributed by atoms with E-state index < -0.39 is 0 Å². The summed E-state index contributed by atoms with van der Waals surface area (Å²) in [5.41, 5.74) is 0.440. The molecule has 1 heteroatoms. The molecule has 0 radical (unpaired) electrons. The summed E-state index contributed by atoms with van der Waals surface area (Å²) >= 11 is 0. The van der Waals surface area contributed by atoms with Gasteiger partial charge in [-0.1, -0.05) is 40.5 Å². The smallest absolute Gasteiger partial charge is 0.130 e. The second-order valence-electron chi connectivity index (χ2n) is 5.46. The lowest BCUT2D eigenvalue weighted by atomic mass is 9.87. The molecule has 1 atom stereocenters. The molecule has 0 aliphatic carbocycles. The molecular formula is C12H24O. The standard InChI is InChI=1S/C12H24O/c1-10(9-11(2)13)7-6-8-12(3,4)5/h10H,6-9H2,1-5H3. The fourth-order valence-electron chi connectivity index (χ4n) is 1.57. The number of ketones is 1. The van der Waals surface area contributed by atoms with Crippen LogP contribution in [-0.2, 0) is 4.79 Å². The first-order valence-electron chi connectivity index (χ1n) is 5.31. The largest absolute Gasteiger partial charge is 0.300 e. The molecule has 0 aromatic rings. The number of carbonyl (C=O) groups is 1. The number of Topliss-reactive ketones (excluding diaryl/α,β-unsaturated/α-hetero) is 1. The van der Waals surface area contributed by atoms with Gasteiger partial charge in [-0.15, -0.1) is 0 Å². The number of hydrogen-bond acceptors (Lipinski definition) is 1. The van der Waals surface area contributed by atoms with Crippen molar-refractivity contribution in [2.45, 2.75) is 60.3 Å². The van der Waals surface area contributed by atoms with E-state index in [4.69, 9.17) is 0 Å². The minimum absolute atomic E-state index is 0.322. The maximum Gasteiger partial charge on any atom is 0.130 e. The summed E-state index contributed by atoms with van der Waals surface area (Å²) in [6.07, 6.45) is 4.45. The molecule has 0 bridgehead atoms. The van der Waals surface area contributed by atoms with Gasteiger partial charge < -0.3 is 4.79 Å². The molecule has 0 heterocycles. The quantitative estimate of drug-likeness (QED) is 0.635. The average Bonchev–Trinajstić information content (AvgIpc) is 1.81. The molecule has 0 amide bonds. The van der Waals surface area contributed by atoms with Crippen molar-refractivity contribution in [2.75, 3.05) is 0 Å². The van der Waals surface area contributed by atoms with E-state index in [0.717, 1.165) is 6.42 Å². The highest BCUT2D eigenvalue weighted by molar-refractivity contribution is 5.75. The van der Waals surface area contributed by atoms with Crippen molar-refractivity contribution in [2.24, 2.45) is 11.3 Å². The van der Waals surface area contributed by atoms with Crippen LogP contribution in [0.5, 0.6) is 0 Å². The Kier molecular flexibility index (Phi) is 5.27. The van der Waals surface area contributed by atoms with Crippen molar-refractivity contribution >= 4 is 5.78 Å². The molecule has 0 spiro atoms. The third kappa shape index (κ3) is 9.59. The monoisotopic (exact) mass is 184 g/mol. The van der Waals surface area contributed by atoms with Gasteiger partial charge in [0.15, 0.2) is 0 Å². The third-order valence-corrected chi connectivity index (χ3v) is 2.26. The summed E-state index contributed by atoms with van der Waals surface area (Å²) in [4.78, 5) is 10.8. The topological polar surface area (TPSA) is 17.1 Å². The molecule has 0 aliphatic heterocycles. The average molecular weight is 184 g/mol. The molecule has 78 valence electrons. The Morgan fingerprint density at radius 3 is 2.23 bits per heavy atom. The van der Waals surface area contributed by atoms with Gasteiger partial charge in [0.2, 0.25) is 0 Å². The Bertz CT molecular complexity index is 153. The Morgan fingerprint density at radius 2 is 1.85 bits per heavy atom. The van der Waals surface area contributed by atoms with Crippen molar-refractivity contribution in [3.8, 4) is 0 Å². The molecule has 0 fully saturated rings. The van der Waals surface area contributed by atoms with Crippen LogP contribution in [0.4, 0.5) is 0 Å². The van der Waals surface area contributed by atoms with Crippen molar-refractivity contribution in [3.63, 3.8) is 0 Å². The van der Waals surface area contributed by atoms with Crippen molar-refractivity contribution in [1.82, 2.24) is 0 Å². The van der Waals surface area contributed by atoms with Gasteiger partial charge in [-0.05, 0) is 24.7 Å². The fraction of sp³-hybridized carbons (Fsp3) is 0.917. The lowest BCUT2D eigenvalue weighted by molar-refractivity contribution is -0.117. The summed E-state index contributed by atoms with van der Waals surface area (Å²) < 4.78 is 0. The maximum absolute atomic E-state index is 10.8. The van der Waals surface area contributed by atoms with E-state index in [2.05, 4.69) is 27.7 Å².